The number of rotatable bonds is 4. The normalized spacial score (nSPS) is 15.4. The summed E-state index contributed by atoms with van der Waals surface area (Å²) in [5, 5.41) is 2.92. The number of amides is 2. The molecule has 0 unspecified atom stereocenters. The highest BCUT2D eigenvalue weighted by Crippen LogP contribution is 2.35. The lowest BCUT2D eigenvalue weighted by molar-refractivity contribution is 0.174. The van der Waals surface area contributed by atoms with Crippen molar-refractivity contribution in [3.63, 3.8) is 0 Å². The van der Waals surface area contributed by atoms with E-state index >= 15 is 0 Å². The molecule has 2 aromatic rings. The molecule has 1 saturated heterocycles. The van der Waals surface area contributed by atoms with Gasteiger partial charge >= 0.3 is 6.03 Å². The summed E-state index contributed by atoms with van der Waals surface area (Å²) in [5.41, 5.74) is 1.74. The Hall–Kier alpha value is -3.29. The first-order valence-electron chi connectivity index (χ1n) is 9.10. The molecule has 2 heterocycles. The van der Waals surface area contributed by atoms with Crippen molar-refractivity contribution in [2.45, 2.75) is 0 Å². The highest BCUT2D eigenvalue weighted by Gasteiger charge is 2.23. The quantitative estimate of drug-likeness (QED) is 0.873. The molecule has 0 spiro atoms. The molecular weight excluding hydrogens is 362 g/mol. The lowest BCUT2D eigenvalue weighted by Gasteiger charge is -2.36. The molecule has 1 N–H and O–H groups in total. The van der Waals surface area contributed by atoms with E-state index in [1.165, 1.54) is 0 Å². The fourth-order valence-corrected chi connectivity index (χ4v) is 3.37. The Kier molecular flexibility index (Phi) is 5.01. The van der Waals surface area contributed by atoms with Crippen LogP contribution >= 0.6 is 0 Å². The first-order valence-corrected chi connectivity index (χ1v) is 9.10. The minimum absolute atomic E-state index is 0.127. The van der Waals surface area contributed by atoms with Crippen LogP contribution in [0.2, 0.25) is 0 Å². The third-order valence-electron chi connectivity index (χ3n) is 4.92. The summed E-state index contributed by atoms with van der Waals surface area (Å²) in [6, 6.07) is 11.1. The SMILES string of the molecule is COc1ccc(NC(=O)N2CCN(c3ccc4c(c3)OCO4)CC2)cc1OC. The molecule has 0 aliphatic carbocycles. The van der Waals surface area contributed by atoms with Crippen LogP contribution in [-0.2, 0) is 0 Å². The molecule has 28 heavy (non-hydrogen) atoms. The molecule has 2 aliphatic heterocycles. The van der Waals surface area contributed by atoms with Gasteiger partial charge in [-0.3, -0.25) is 0 Å². The fraction of sp³-hybridized carbons (Fsp3) is 0.350. The van der Waals surface area contributed by atoms with E-state index in [2.05, 4.69) is 10.2 Å². The lowest BCUT2D eigenvalue weighted by atomic mass is 10.2. The number of benzene rings is 2. The predicted molar refractivity (Wildman–Crippen MR) is 105 cm³/mol. The second-order valence-electron chi connectivity index (χ2n) is 6.51. The third kappa shape index (κ3) is 3.58. The second kappa shape index (κ2) is 7.75. The molecule has 0 radical (unpaired) electrons. The Morgan fingerprint density at radius 1 is 0.929 bits per heavy atom. The van der Waals surface area contributed by atoms with Gasteiger partial charge in [0.2, 0.25) is 6.79 Å². The Balaban J connectivity index is 1.35. The van der Waals surface area contributed by atoms with Gasteiger partial charge in [0.1, 0.15) is 0 Å². The van der Waals surface area contributed by atoms with E-state index in [4.69, 9.17) is 18.9 Å². The molecule has 2 aliphatic rings. The van der Waals surface area contributed by atoms with Gasteiger partial charge in [0.25, 0.3) is 0 Å². The standard InChI is InChI=1S/C20H23N3O5/c1-25-16-5-3-14(11-18(16)26-2)21-20(24)23-9-7-22(8-10-23)15-4-6-17-19(12-15)28-13-27-17/h3-6,11-12H,7-10,13H2,1-2H3,(H,21,24). The summed E-state index contributed by atoms with van der Waals surface area (Å²) >= 11 is 0. The van der Waals surface area contributed by atoms with Crippen LogP contribution in [0, 0.1) is 0 Å². The van der Waals surface area contributed by atoms with Crippen molar-refractivity contribution >= 4 is 17.4 Å². The van der Waals surface area contributed by atoms with E-state index in [1.54, 1.807) is 37.3 Å². The monoisotopic (exact) mass is 385 g/mol. The minimum atomic E-state index is -0.127. The van der Waals surface area contributed by atoms with Gasteiger partial charge in [-0.25, -0.2) is 4.79 Å². The van der Waals surface area contributed by atoms with Gasteiger partial charge in [-0.05, 0) is 24.3 Å². The van der Waals surface area contributed by atoms with E-state index in [-0.39, 0.29) is 12.8 Å². The summed E-state index contributed by atoms with van der Waals surface area (Å²) in [6.07, 6.45) is 0. The van der Waals surface area contributed by atoms with Gasteiger partial charge in [0.15, 0.2) is 23.0 Å². The summed E-state index contributed by atoms with van der Waals surface area (Å²) in [5.74, 6) is 2.74. The number of nitrogens with zero attached hydrogens (tertiary/aromatic N) is 2. The highest BCUT2D eigenvalue weighted by atomic mass is 16.7. The zero-order valence-corrected chi connectivity index (χ0v) is 15.9. The molecule has 8 heteroatoms. The number of hydrogen-bond donors (Lipinski definition) is 1. The summed E-state index contributed by atoms with van der Waals surface area (Å²) < 4.78 is 21.3. The smallest absolute Gasteiger partial charge is 0.321 e. The van der Waals surface area contributed by atoms with Crippen LogP contribution in [0.15, 0.2) is 36.4 Å². The summed E-state index contributed by atoms with van der Waals surface area (Å²) in [4.78, 5) is 16.6. The summed E-state index contributed by atoms with van der Waals surface area (Å²) in [6.45, 7) is 3.03. The Morgan fingerprint density at radius 2 is 1.68 bits per heavy atom. The number of carbonyl (C=O) groups excluding carboxylic acids is 1. The average Bonchev–Trinajstić information content (AvgIpc) is 3.21. The first-order chi connectivity index (χ1) is 13.7. The Labute approximate surface area is 163 Å². The van der Waals surface area contributed by atoms with Crippen LogP contribution in [0.3, 0.4) is 0 Å². The number of anilines is 2. The highest BCUT2D eigenvalue weighted by molar-refractivity contribution is 5.90. The van der Waals surface area contributed by atoms with E-state index in [0.29, 0.717) is 30.3 Å². The molecule has 1 fully saturated rings. The maximum Gasteiger partial charge on any atom is 0.321 e. The number of piperazine rings is 1. The predicted octanol–water partition coefficient (Wildman–Crippen LogP) is 2.79. The number of fused-ring (bicyclic) bond motifs is 1. The van der Waals surface area contributed by atoms with Crippen molar-refractivity contribution < 1.29 is 23.7 Å². The van der Waals surface area contributed by atoms with Gasteiger partial charge in [0.05, 0.1) is 14.2 Å². The van der Waals surface area contributed by atoms with Gasteiger partial charge in [0, 0.05) is 49.7 Å². The van der Waals surface area contributed by atoms with E-state index in [1.807, 2.05) is 18.2 Å². The van der Waals surface area contributed by atoms with Gasteiger partial charge < -0.3 is 34.1 Å². The molecular formula is C20H23N3O5. The van der Waals surface area contributed by atoms with Crippen LogP contribution in [0.5, 0.6) is 23.0 Å². The van der Waals surface area contributed by atoms with Crippen molar-refractivity contribution in [3.8, 4) is 23.0 Å². The average molecular weight is 385 g/mol. The molecule has 4 rings (SSSR count). The maximum atomic E-state index is 12.6. The number of ether oxygens (including phenoxy) is 4. The Bertz CT molecular complexity index is 865. The van der Waals surface area contributed by atoms with Gasteiger partial charge in [-0.15, -0.1) is 0 Å². The van der Waals surface area contributed by atoms with Crippen LogP contribution < -0.4 is 29.2 Å². The van der Waals surface area contributed by atoms with Crippen LogP contribution in [0.25, 0.3) is 0 Å². The van der Waals surface area contributed by atoms with Gasteiger partial charge in [-0.1, -0.05) is 0 Å². The second-order valence-corrected chi connectivity index (χ2v) is 6.51. The Morgan fingerprint density at radius 3 is 2.43 bits per heavy atom. The maximum absolute atomic E-state index is 12.6. The molecule has 2 amide bonds. The van der Waals surface area contributed by atoms with Crippen molar-refractivity contribution in [3.05, 3.63) is 36.4 Å². The van der Waals surface area contributed by atoms with Crippen LogP contribution in [0.1, 0.15) is 0 Å². The molecule has 0 bridgehead atoms. The fourth-order valence-electron chi connectivity index (χ4n) is 3.37. The van der Waals surface area contributed by atoms with E-state index in [0.717, 1.165) is 30.3 Å². The molecule has 0 atom stereocenters. The van der Waals surface area contributed by atoms with Crippen molar-refractivity contribution in [2.24, 2.45) is 0 Å². The summed E-state index contributed by atoms with van der Waals surface area (Å²) in [7, 11) is 3.15. The molecule has 2 aromatic carbocycles. The molecule has 0 saturated carbocycles. The lowest BCUT2D eigenvalue weighted by Crippen LogP contribution is -2.50. The van der Waals surface area contributed by atoms with Crippen molar-refractivity contribution in [1.82, 2.24) is 4.90 Å². The van der Waals surface area contributed by atoms with Crippen LogP contribution in [-0.4, -0.2) is 58.1 Å². The zero-order valence-electron chi connectivity index (χ0n) is 15.9. The van der Waals surface area contributed by atoms with Crippen LogP contribution in [0.4, 0.5) is 16.2 Å². The third-order valence-corrected chi connectivity index (χ3v) is 4.92. The molecule has 0 aromatic heterocycles. The zero-order chi connectivity index (χ0) is 19.5. The first kappa shape index (κ1) is 18.1. The topological polar surface area (TPSA) is 72.5 Å². The molecule has 8 nitrogen and oxygen atoms in total. The number of hydrogen-bond acceptors (Lipinski definition) is 6. The van der Waals surface area contributed by atoms with Crippen molar-refractivity contribution in [1.29, 1.82) is 0 Å². The number of carbonyl (C=O) groups is 1. The minimum Gasteiger partial charge on any atom is -0.493 e. The number of methoxy groups -OCH3 is 2. The number of urea groups is 1. The van der Waals surface area contributed by atoms with E-state index < -0.39 is 0 Å². The molecule has 148 valence electrons. The van der Waals surface area contributed by atoms with Crippen molar-refractivity contribution in [2.75, 3.05) is 57.4 Å². The van der Waals surface area contributed by atoms with Gasteiger partial charge in [-0.2, -0.15) is 0 Å². The van der Waals surface area contributed by atoms with E-state index in [9.17, 15) is 4.79 Å². The largest absolute Gasteiger partial charge is 0.493 e. The number of nitrogens with one attached hydrogen (secondary N) is 1.